The molecule has 0 bridgehead atoms. The van der Waals surface area contributed by atoms with E-state index in [0.717, 1.165) is 22.8 Å². The van der Waals surface area contributed by atoms with Gasteiger partial charge in [-0.2, -0.15) is 0 Å². The molecule has 0 fully saturated rings. The Labute approximate surface area is 69.8 Å². The molecule has 0 aliphatic heterocycles. The summed E-state index contributed by atoms with van der Waals surface area (Å²) in [6.07, 6.45) is 2.52. The molecule has 0 unspecified atom stereocenters. The Morgan fingerprint density at radius 1 is 1.42 bits per heavy atom. The van der Waals surface area contributed by atoms with Crippen LogP contribution in [-0.4, -0.2) is 6.29 Å². The normalized spacial score (nSPS) is 10.4. The molecule has 0 saturated carbocycles. The van der Waals surface area contributed by atoms with Crippen molar-refractivity contribution in [3.63, 3.8) is 0 Å². The van der Waals surface area contributed by atoms with Gasteiger partial charge in [-0.25, -0.2) is 0 Å². The zero-order valence-corrected chi connectivity index (χ0v) is 6.70. The lowest BCUT2D eigenvalue weighted by molar-refractivity contribution is 0.112. The van der Waals surface area contributed by atoms with Crippen LogP contribution in [0.4, 0.5) is 0 Å². The molecule has 2 heteroatoms. The highest BCUT2D eigenvalue weighted by molar-refractivity contribution is 5.97. The number of benzene rings is 1. The van der Waals surface area contributed by atoms with E-state index in [1.165, 1.54) is 0 Å². The van der Waals surface area contributed by atoms with E-state index in [0.29, 0.717) is 5.56 Å². The van der Waals surface area contributed by atoms with Crippen molar-refractivity contribution >= 4 is 17.3 Å². The molecule has 60 valence electrons. The van der Waals surface area contributed by atoms with Gasteiger partial charge in [0, 0.05) is 10.9 Å². The average Bonchev–Trinajstić information content (AvgIpc) is 2.48. The maximum atomic E-state index is 10.6. The molecule has 1 aromatic heterocycles. The number of rotatable bonds is 1. The first-order valence-corrected chi connectivity index (χ1v) is 3.75. The summed E-state index contributed by atoms with van der Waals surface area (Å²) < 4.78 is 5.23. The fraction of sp³-hybridized carbons (Fsp3) is 0.100. The van der Waals surface area contributed by atoms with Crippen molar-refractivity contribution in [2.24, 2.45) is 0 Å². The molecular formula is C10H8O2. The Morgan fingerprint density at radius 3 is 3.00 bits per heavy atom. The molecule has 0 spiro atoms. The molecule has 12 heavy (non-hydrogen) atoms. The van der Waals surface area contributed by atoms with Gasteiger partial charge in [0.25, 0.3) is 0 Å². The topological polar surface area (TPSA) is 30.2 Å². The SMILES string of the molecule is Cc1coc2cccc(C=O)c12. The van der Waals surface area contributed by atoms with Crippen LogP contribution >= 0.6 is 0 Å². The summed E-state index contributed by atoms with van der Waals surface area (Å²) in [6.45, 7) is 1.93. The summed E-state index contributed by atoms with van der Waals surface area (Å²) in [7, 11) is 0. The third-order valence-electron chi connectivity index (χ3n) is 1.94. The maximum Gasteiger partial charge on any atom is 0.150 e. The van der Waals surface area contributed by atoms with E-state index >= 15 is 0 Å². The largest absolute Gasteiger partial charge is 0.464 e. The first-order valence-electron chi connectivity index (χ1n) is 3.75. The van der Waals surface area contributed by atoms with E-state index in [2.05, 4.69) is 0 Å². The van der Waals surface area contributed by atoms with Crippen molar-refractivity contribution in [1.29, 1.82) is 0 Å². The monoisotopic (exact) mass is 160 g/mol. The summed E-state index contributed by atoms with van der Waals surface area (Å²) in [5.41, 5.74) is 2.48. The fourth-order valence-electron chi connectivity index (χ4n) is 1.38. The lowest BCUT2D eigenvalue weighted by Gasteiger charge is -1.92. The number of aldehydes is 1. The van der Waals surface area contributed by atoms with Gasteiger partial charge in [-0.05, 0) is 18.6 Å². The minimum Gasteiger partial charge on any atom is -0.464 e. The Bertz CT molecular complexity index is 426. The Kier molecular flexibility index (Phi) is 1.47. The van der Waals surface area contributed by atoms with Crippen LogP contribution in [0.1, 0.15) is 15.9 Å². The number of furan rings is 1. The molecule has 1 aromatic carbocycles. The van der Waals surface area contributed by atoms with Gasteiger partial charge in [-0.3, -0.25) is 4.79 Å². The number of carbonyl (C=O) groups is 1. The van der Waals surface area contributed by atoms with Crippen molar-refractivity contribution in [1.82, 2.24) is 0 Å². The van der Waals surface area contributed by atoms with Gasteiger partial charge in [-0.1, -0.05) is 12.1 Å². The average molecular weight is 160 g/mol. The summed E-state index contributed by atoms with van der Waals surface area (Å²) in [4.78, 5) is 10.6. The first-order chi connectivity index (χ1) is 5.83. The Morgan fingerprint density at radius 2 is 2.25 bits per heavy atom. The van der Waals surface area contributed by atoms with Crippen molar-refractivity contribution in [2.75, 3.05) is 0 Å². The van der Waals surface area contributed by atoms with Crippen LogP contribution in [0.2, 0.25) is 0 Å². The molecule has 1 heterocycles. The predicted octanol–water partition coefficient (Wildman–Crippen LogP) is 2.55. The smallest absolute Gasteiger partial charge is 0.150 e. The molecule has 0 amide bonds. The number of hydrogen-bond acceptors (Lipinski definition) is 2. The van der Waals surface area contributed by atoms with Gasteiger partial charge >= 0.3 is 0 Å². The number of aryl methyl sites for hydroxylation is 1. The molecule has 0 saturated heterocycles. The molecule has 0 aliphatic carbocycles. The summed E-state index contributed by atoms with van der Waals surface area (Å²) in [5, 5.41) is 0.924. The van der Waals surface area contributed by atoms with E-state index < -0.39 is 0 Å². The lowest BCUT2D eigenvalue weighted by Crippen LogP contribution is -1.80. The quantitative estimate of drug-likeness (QED) is 0.600. The summed E-state index contributed by atoms with van der Waals surface area (Å²) in [5.74, 6) is 0. The molecule has 2 nitrogen and oxygen atoms in total. The Balaban J connectivity index is 2.93. The van der Waals surface area contributed by atoms with Crippen LogP contribution in [0.5, 0.6) is 0 Å². The van der Waals surface area contributed by atoms with Crippen LogP contribution in [0.3, 0.4) is 0 Å². The standard InChI is InChI=1S/C10H8O2/c1-7-6-12-9-4-2-3-8(5-11)10(7)9/h2-6H,1H3. The number of carbonyl (C=O) groups excluding carboxylic acids is 1. The summed E-state index contributed by atoms with van der Waals surface area (Å²) >= 11 is 0. The summed E-state index contributed by atoms with van der Waals surface area (Å²) in [6, 6.07) is 5.46. The van der Waals surface area contributed by atoms with Crippen LogP contribution in [0, 0.1) is 6.92 Å². The van der Waals surface area contributed by atoms with Crippen LogP contribution in [-0.2, 0) is 0 Å². The van der Waals surface area contributed by atoms with Gasteiger partial charge < -0.3 is 4.42 Å². The maximum absolute atomic E-state index is 10.6. The fourth-order valence-corrected chi connectivity index (χ4v) is 1.38. The molecule has 0 aliphatic rings. The van der Waals surface area contributed by atoms with Crippen LogP contribution in [0.15, 0.2) is 28.9 Å². The van der Waals surface area contributed by atoms with Gasteiger partial charge in [-0.15, -0.1) is 0 Å². The molecule has 0 N–H and O–H groups in total. The van der Waals surface area contributed by atoms with Gasteiger partial charge in [0.05, 0.1) is 6.26 Å². The zero-order valence-electron chi connectivity index (χ0n) is 6.70. The predicted molar refractivity (Wildman–Crippen MR) is 46.3 cm³/mol. The highest BCUT2D eigenvalue weighted by Crippen LogP contribution is 2.22. The molecular weight excluding hydrogens is 152 g/mol. The second-order valence-corrected chi connectivity index (χ2v) is 2.76. The molecule has 2 aromatic rings. The van der Waals surface area contributed by atoms with E-state index in [4.69, 9.17) is 4.42 Å². The lowest BCUT2D eigenvalue weighted by atomic mass is 10.1. The van der Waals surface area contributed by atoms with E-state index in [-0.39, 0.29) is 0 Å². The minimum atomic E-state index is 0.693. The second-order valence-electron chi connectivity index (χ2n) is 2.76. The van der Waals surface area contributed by atoms with Crippen molar-refractivity contribution in [2.45, 2.75) is 6.92 Å². The van der Waals surface area contributed by atoms with E-state index in [9.17, 15) is 4.79 Å². The first kappa shape index (κ1) is 7.10. The minimum absolute atomic E-state index is 0.693. The van der Waals surface area contributed by atoms with E-state index in [1.54, 1.807) is 12.3 Å². The highest BCUT2D eigenvalue weighted by Gasteiger charge is 2.05. The van der Waals surface area contributed by atoms with Gasteiger partial charge in [0.15, 0.2) is 6.29 Å². The Hall–Kier alpha value is -1.57. The third-order valence-corrected chi connectivity index (χ3v) is 1.94. The van der Waals surface area contributed by atoms with Gasteiger partial charge in [0.1, 0.15) is 5.58 Å². The number of hydrogen-bond donors (Lipinski definition) is 0. The van der Waals surface area contributed by atoms with E-state index in [1.807, 2.05) is 19.1 Å². The zero-order chi connectivity index (χ0) is 8.55. The van der Waals surface area contributed by atoms with Gasteiger partial charge in [0.2, 0.25) is 0 Å². The van der Waals surface area contributed by atoms with Crippen molar-refractivity contribution in [3.05, 3.63) is 35.6 Å². The van der Waals surface area contributed by atoms with Crippen LogP contribution < -0.4 is 0 Å². The highest BCUT2D eigenvalue weighted by atomic mass is 16.3. The number of fused-ring (bicyclic) bond motifs is 1. The third kappa shape index (κ3) is 0.848. The van der Waals surface area contributed by atoms with Crippen LogP contribution in [0.25, 0.3) is 11.0 Å². The van der Waals surface area contributed by atoms with Crippen molar-refractivity contribution < 1.29 is 9.21 Å². The molecule has 0 atom stereocenters. The molecule has 0 radical (unpaired) electrons. The van der Waals surface area contributed by atoms with Crippen molar-refractivity contribution in [3.8, 4) is 0 Å². The molecule has 2 rings (SSSR count). The second kappa shape index (κ2) is 2.48.